The van der Waals surface area contributed by atoms with Gasteiger partial charge in [0, 0.05) is 18.5 Å². The molecule has 5 aromatic rings. The van der Waals surface area contributed by atoms with E-state index in [9.17, 15) is 5.26 Å². The lowest BCUT2D eigenvalue weighted by molar-refractivity contribution is -0.0933. The minimum atomic E-state index is -1.57. The van der Waals surface area contributed by atoms with E-state index in [0.29, 0.717) is 6.42 Å². The molecule has 1 unspecified atom stereocenters. The van der Waals surface area contributed by atoms with Gasteiger partial charge in [-0.15, -0.1) is 5.10 Å². The molecule has 1 aliphatic heterocycles. The van der Waals surface area contributed by atoms with Crippen LogP contribution in [-0.2, 0) is 24.1 Å². The van der Waals surface area contributed by atoms with E-state index < -0.39 is 32.6 Å². The molecule has 11 nitrogen and oxygen atoms in total. The number of benzene rings is 4. The summed E-state index contributed by atoms with van der Waals surface area (Å²) in [6.45, 7) is 8.92. The molecule has 53 heavy (non-hydrogen) atoms. The molecule has 0 spiro atoms. The fourth-order valence-electron chi connectivity index (χ4n) is 6.90. The first-order chi connectivity index (χ1) is 25.8. The van der Waals surface area contributed by atoms with Gasteiger partial charge in [0.25, 0.3) is 8.53 Å². The molecule has 0 bridgehead atoms. The Bertz CT molecular complexity index is 1880. The van der Waals surface area contributed by atoms with Gasteiger partial charge in [-0.25, -0.2) is 9.35 Å². The summed E-state index contributed by atoms with van der Waals surface area (Å²) >= 11 is 0. The molecule has 0 saturated carbocycles. The van der Waals surface area contributed by atoms with Gasteiger partial charge < -0.3 is 28.0 Å². The molecule has 0 amide bonds. The first-order valence-electron chi connectivity index (χ1n) is 18.0. The summed E-state index contributed by atoms with van der Waals surface area (Å²) in [5.74, 6) is 1.48. The van der Waals surface area contributed by atoms with Crippen LogP contribution in [0.2, 0.25) is 0 Å². The Labute approximate surface area is 313 Å². The summed E-state index contributed by atoms with van der Waals surface area (Å²) < 4.78 is 42.7. The van der Waals surface area contributed by atoms with E-state index >= 15 is 0 Å². The number of ether oxygens (including phenoxy) is 4. The lowest BCUT2D eigenvalue weighted by atomic mass is 9.80. The number of hydrogen-bond donors (Lipinski definition) is 0. The Balaban J connectivity index is 1.42. The minimum absolute atomic E-state index is 0.131. The van der Waals surface area contributed by atoms with Crippen LogP contribution in [0.1, 0.15) is 63.5 Å². The van der Waals surface area contributed by atoms with Crippen LogP contribution in [0.25, 0.3) is 11.0 Å². The van der Waals surface area contributed by atoms with Crippen molar-refractivity contribution in [2.75, 3.05) is 27.4 Å². The molecule has 2 heterocycles. The van der Waals surface area contributed by atoms with E-state index in [0.717, 1.165) is 39.2 Å². The summed E-state index contributed by atoms with van der Waals surface area (Å²) in [6.07, 6.45) is -0.715. The number of aromatic nitrogens is 3. The number of nitrogens with zero attached hydrogens (tertiary/aromatic N) is 5. The van der Waals surface area contributed by atoms with Crippen LogP contribution in [0.3, 0.4) is 0 Å². The van der Waals surface area contributed by atoms with Gasteiger partial charge in [-0.3, -0.25) is 0 Å². The molecule has 6 rings (SSSR count). The molecule has 12 heteroatoms. The van der Waals surface area contributed by atoms with E-state index in [1.54, 1.807) is 14.2 Å². The normalized spacial score (nSPS) is 18.2. The number of fused-ring (bicyclic) bond motifs is 1. The quantitative estimate of drug-likeness (QED) is 0.0524. The van der Waals surface area contributed by atoms with Gasteiger partial charge in [-0.1, -0.05) is 71.9 Å². The van der Waals surface area contributed by atoms with Crippen LogP contribution in [0.4, 0.5) is 0 Å². The van der Waals surface area contributed by atoms with Crippen LogP contribution in [0, 0.1) is 11.3 Å². The predicted molar refractivity (Wildman–Crippen MR) is 204 cm³/mol. The van der Waals surface area contributed by atoms with Gasteiger partial charge >= 0.3 is 0 Å². The Morgan fingerprint density at radius 3 is 2.02 bits per heavy atom. The highest BCUT2D eigenvalue weighted by molar-refractivity contribution is 7.44. The Hall–Kier alpha value is -4.40. The van der Waals surface area contributed by atoms with Crippen LogP contribution in [0.15, 0.2) is 103 Å². The number of para-hydroxylation sites is 1. The van der Waals surface area contributed by atoms with Gasteiger partial charge in [0.05, 0.1) is 51.5 Å². The third-order valence-electron chi connectivity index (χ3n) is 9.36. The Morgan fingerprint density at radius 1 is 0.849 bits per heavy atom. The summed E-state index contributed by atoms with van der Waals surface area (Å²) in [6, 6.07) is 36.4. The van der Waals surface area contributed by atoms with Crippen molar-refractivity contribution in [2.24, 2.45) is 0 Å². The smallest absolute Gasteiger partial charge is 0.259 e. The maximum Gasteiger partial charge on any atom is 0.259 e. The Morgan fingerprint density at radius 2 is 1.43 bits per heavy atom. The van der Waals surface area contributed by atoms with Crippen LogP contribution >= 0.6 is 8.53 Å². The standard InChI is InChI=1S/C41H48N5O6P/c1-29(2)46(30(3)4)53(50-26-12-25-42)52-38-27-40(45-37-16-11-10-15-36(37)43-44-45)51-39(38)28-49-41(31-13-8-7-9-14-31,32-17-21-34(47-5)22-18-32)33-19-23-35(48-6)24-20-33/h7-11,13-24,29-30,38-40H,12,26-28H2,1-6H3/t38-,39+,40+,53?/m0/s1. The zero-order valence-corrected chi connectivity index (χ0v) is 32.1. The van der Waals surface area contributed by atoms with Gasteiger partial charge in [-0.05, 0) is 80.8 Å². The second kappa shape index (κ2) is 17.6. The summed E-state index contributed by atoms with van der Waals surface area (Å²) in [5.41, 5.74) is 3.36. The second-order valence-corrected chi connectivity index (χ2v) is 14.8. The van der Waals surface area contributed by atoms with E-state index in [-0.39, 0.29) is 31.7 Å². The average Bonchev–Trinajstić information content (AvgIpc) is 3.79. The van der Waals surface area contributed by atoms with Crippen molar-refractivity contribution in [1.82, 2.24) is 19.7 Å². The zero-order chi connectivity index (χ0) is 37.4. The van der Waals surface area contributed by atoms with Crippen molar-refractivity contribution >= 4 is 19.6 Å². The van der Waals surface area contributed by atoms with Crippen molar-refractivity contribution in [3.05, 3.63) is 120 Å². The molecule has 1 aliphatic rings. The molecule has 1 fully saturated rings. The van der Waals surface area contributed by atoms with E-state index in [1.165, 1.54) is 0 Å². The summed E-state index contributed by atoms with van der Waals surface area (Å²) in [5, 5.41) is 18.3. The van der Waals surface area contributed by atoms with Gasteiger partial charge in [0.1, 0.15) is 28.7 Å². The molecular formula is C41H48N5O6P. The van der Waals surface area contributed by atoms with Crippen molar-refractivity contribution < 1.29 is 28.0 Å². The summed E-state index contributed by atoms with van der Waals surface area (Å²) in [4.78, 5) is 0. The molecule has 4 atom stereocenters. The molecule has 278 valence electrons. The molecular weight excluding hydrogens is 689 g/mol. The minimum Gasteiger partial charge on any atom is -0.497 e. The monoisotopic (exact) mass is 737 g/mol. The lowest BCUT2D eigenvalue weighted by Crippen LogP contribution is -2.39. The molecule has 4 aromatic carbocycles. The number of methoxy groups -OCH3 is 2. The first-order valence-corrected chi connectivity index (χ1v) is 19.1. The first kappa shape index (κ1) is 38.3. The fourth-order valence-corrected chi connectivity index (χ4v) is 8.66. The second-order valence-electron chi connectivity index (χ2n) is 13.4. The van der Waals surface area contributed by atoms with Crippen LogP contribution in [0.5, 0.6) is 11.5 Å². The highest BCUT2D eigenvalue weighted by atomic mass is 31.2. The summed E-state index contributed by atoms with van der Waals surface area (Å²) in [7, 11) is 1.74. The fraction of sp³-hybridized carbons (Fsp3) is 0.390. The van der Waals surface area contributed by atoms with E-state index in [4.69, 9.17) is 28.0 Å². The topological polar surface area (TPSA) is 113 Å². The SMILES string of the molecule is COc1ccc(C(OC[C@H]2O[C@@H](n3nnc4ccccc43)C[C@@H]2OP(OCCC#N)N(C(C)C)C(C)C)(c2ccccc2)c2ccc(OC)cc2)cc1. The highest BCUT2D eigenvalue weighted by Gasteiger charge is 2.45. The number of hydrogen-bond acceptors (Lipinski definition) is 10. The molecule has 0 N–H and O–H groups in total. The van der Waals surface area contributed by atoms with Crippen molar-refractivity contribution in [2.45, 2.75) is 76.7 Å². The molecule has 0 aliphatic carbocycles. The van der Waals surface area contributed by atoms with Crippen molar-refractivity contribution in [1.29, 1.82) is 5.26 Å². The number of rotatable bonds is 17. The van der Waals surface area contributed by atoms with Gasteiger partial charge in [0.2, 0.25) is 0 Å². The molecule has 1 saturated heterocycles. The van der Waals surface area contributed by atoms with E-state index in [2.05, 4.69) is 60.9 Å². The molecule has 1 aromatic heterocycles. The third kappa shape index (κ3) is 8.39. The largest absolute Gasteiger partial charge is 0.497 e. The van der Waals surface area contributed by atoms with Crippen molar-refractivity contribution in [3.63, 3.8) is 0 Å². The van der Waals surface area contributed by atoms with E-state index in [1.807, 2.05) is 95.7 Å². The third-order valence-corrected chi connectivity index (χ3v) is 11.5. The molecule has 0 radical (unpaired) electrons. The highest BCUT2D eigenvalue weighted by Crippen LogP contribution is 2.51. The Kier molecular flexibility index (Phi) is 12.7. The maximum absolute atomic E-state index is 9.33. The van der Waals surface area contributed by atoms with Crippen molar-refractivity contribution in [3.8, 4) is 17.6 Å². The maximum atomic E-state index is 9.33. The average molecular weight is 738 g/mol. The zero-order valence-electron chi connectivity index (χ0n) is 31.2. The predicted octanol–water partition coefficient (Wildman–Crippen LogP) is 8.41. The lowest BCUT2D eigenvalue weighted by Gasteiger charge is -2.39. The van der Waals surface area contributed by atoms with Gasteiger partial charge in [0.15, 0.2) is 6.23 Å². The van der Waals surface area contributed by atoms with Gasteiger partial charge in [-0.2, -0.15) is 5.26 Å². The van der Waals surface area contributed by atoms with Crippen LogP contribution < -0.4 is 9.47 Å². The number of nitriles is 1. The van der Waals surface area contributed by atoms with Crippen LogP contribution in [-0.4, -0.2) is 71.4 Å².